The molecule has 0 spiro atoms. The summed E-state index contributed by atoms with van der Waals surface area (Å²) in [5.74, 6) is 0.292. The third kappa shape index (κ3) is 7.81. The number of Topliss-reactive ketones (excluding diaryl/α,β-unsaturated/α-hetero) is 1. The second-order valence-corrected chi connectivity index (χ2v) is 3.93. The monoisotopic (exact) mass is 265 g/mol. The van der Waals surface area contributed by atoms with Crippen LogP contribution in [0.25, 0.3) is 0 Å². The van der Waals surface area contributed by atoms with Crippen LogP contribution in [-0.2, 0) is 6.54 Å². The van der Waals surface area contributed by atoms with E-state index in [9.17, 15) is 22.1 Å². The Balaban J connectivity index is 0.000000494. The lowest BCUT2D eigenvalue weighted by Gasteiger charge is -2.02. The lowest BCUT2D eigenvalue weighted by Crippen LogP contribution is -2.31. The van der Waals surface area contributed by atoms with E-state index in [0.717, 1.165) is 12.1 Å². The fourth-order valence-corrected chi connectivity index (χ4v) is 1.17. The topological polar surface area (TPSA) is 20.9 Å². The van der Waals surface area contributed by atoms with Gasteiger partial charge in [-0.2, -0.15) is 0 Å². The molecular formula is C11H16BF4NO. The van der Waals surface area contributed by atoms with Gasteiger partial charge >= 0.3 is 7.25 Å². The molecule has 18 heavy (non-hydrogen) atoms. The van der Waals surface area contributed by atoms with E-state index in [1.165, 1.54) is 0 Å². The number of carbonyl (C=O) groups excluding carboxylic acids is 1. The molecule has 0 aromatic carbocycles. The molecule has 0 atom stereocenters. The molecule has 0 unspecified atom stereocenters. The molecule has 0 radical (unpaired) electrons. The predicted molar refractivity (Wildman–Crippen MR) is 61.7 cm³/mol. The number of hydrogen-bond acceptors (Lipinski definition) is 1. The van der Waals surface area contributed by atoms with Gasteiger partial charge in [-0.3, -0.25) is 4.79 Å². The maximum absolute atomic E-state index is 11.5. The van der Waals surface area contributed by atoms with Crippen molar-refractivity contribution < 1.29 is 26.6 Å². The van der Waals surface area contributed by atoms with Gasteiger partial charge in [0.25, 0.3) is 0 Å². The minimum absolute atomic E-state index is 0.0810. The van der Waals surface area contributed by atoms with E-state index in [4.69, 9.17) is 0 Å². The van der Waals surface area contributed by atoms with Gasteiger partial charge in [-0.15, -0.1) is 0 Å². The van der Waals surface area contributed by atoms with Crippen molar-refractivity contribution in [2.75, 3.05) is 0 Å². The summed E-state index contributed by atoms with van der Waals surface area (Å²) in [7, 11) is -6.00. The number of rotatable bonds is 3. The predicted octanol–water partition coefficient (Wildman–Crippen LogP) is 3.13. The summed E-state index contributed by atoms with van der Waals surface area (Å²) in [6.07, 6.45) is 3.88. The molecule has 0 aliphatic heterocycles. The van der Waals surface area contributed by atoms with Crippen molar-refractivity contribution in [2.45, 2.75) is 27.3 Å². The first kappa shape index (κ1) is 16.6. The molecule has 7 heteroatoms. The Morgan fingerprint density at radius 2 is 1.61 bits per heavy atom. The second-order valence-electron chi connectivity index (χ2n) is 3.93. The van der Waals surface area contributed by atoms with Crippen LogP contribution < -0.4 is 4.57 Å². The first-order valence-electron chi connectivity index (χ1n) is 5.55. The maximum atomic E-state index is 11.5. The van der Waals surface area contributed by atoms with Crippen molar-refractivity contribution in [1.82, 2.24) is 0 Å². The fourth-order valence-electron chi connectivity index (χ4n) is 1.17. The van der Waals surface area contributed by atoms with E-state index in [1.807, 2.05) is 42.9 Å². The van der Waals surface area contributed by atoms with Crippen molar-refractivity contribution >= 4 is 13.0 Å². The number of hydrogen-bond donors (Lipinski definition) is 0. The van der Waals surface area contributed by atoms with E-state index in [1.54, 1.807) is 0 Å². The molecule has 1 rings (SSSR count). The Bertz CT molecular complexity index is 370. The van der Waals surface area contributed by atoms with Gasteiger partial charge in [0.15, 0.2) is 18.2 Å². The molecule has 0 fully saturated rings. The zero-order valence-electron chi connectivity index (χ0n) is 10.5. The van der Waals surface area contributed by atoms with Crippen molar-refractivity contribution in [2.24, 2.45) is 5.92 Å². The molecule has 0 saturated carbocycles. The molecular weight excluding hydrogens is 249 g/mol. The highest BCUT2D eigenvalue weighted by atomic mass is 19.5. The Kier molecular flexibility index (Phi) is 6.58. The first-order chi connectivity index (χ1) is 8.15. The van der Waals surface area contributed by atoms with E-state index < -0.39 is 7.25 Å². The number of halogens is 4. The zero-order valence-corrected chi connectivity index (χ0v) is 10.5. The normalized spacial score (nSPS) is 10.9. The number of aryl methyl sites for hydroxylation is 1. The molecule has 0 aliphatic carbocycles. The quantitative estimate of drug-likeness (QED) is 0.356. The molecule has 0 amide bonds. The van der Waals surface area contributed by atoms with Crippen molar-refractivity contribution in [3.8, 4) is 0 Å². The zero-order chi connectivity index (χ0) is 14.3. The van der Waals surface area contributed by atoms with Crippen molar-refractivity contribution in [3.05, 3.63) is 30.1 Å². The highest BCUT2D eigenvalue weighted by Gasteiger charge is 2.20. The van der Waals surface area contributed by atoms with Crippen LogP contribution in [0, 0.1) is 5.92 Å². The number of ketones is 1. The summed E-state index contributed by atoms with van der Waals surface area (Å²) < 4.78 is 41.0. The van der Waals surface area contributed by atoms with Crippen LogP contribution in [0.2, 0.25) is 0 Å². The molecule has 0 aliphatic rings. The molecule has 0 saturated heterocycles. The van der Waals surface area contributed by atoms with Crippen LogP contribution in [0.1, 0.15) is 31.1 Å². The second kappa shape index (κ2) is 7.13. The Morgan fingerprint density at radius 1 is 1.22 bits per heavy atom. The Hall–Kier alpha value is -1.40. The van der Waals surface area contributed by atoms with E-state index >= 15 is 0 Å². The number of aromatic nitrogens is 1. The summed E-state index contributed by atoms with van der Waals surface area (Å²) in [6.45, 7) is 6.85. The third-order valence-electron chi connectivity index (χ3n) is 2.07. The molecule has 0 N–H and O–H groups in total. The molecule has 0 bridgehead atoms. The van der Waals surface area contributed by atoms with Gasteiger partial charge in [0.05, 0.1) is 0 Å². The molecule has 2 nitrogen and oxygen atoms in total. The van der Waals surface area contributed by atoms with Crippen LogP contribution in [0.3, 0.4) is 0 Å². The first-order valence-corrected chi connectivity index (χ1v) is 5.55. The molecule has 1 aromatic heterocycles. The number of nitrogens with zero attached hydrogens (tertiary/aromatic N) is 1. The fraction of sp³-hybridized carbons (Fsp3) is 0.455. The Labute approximate surface area is 104 Å². The molecule has 102 valence electrons. The van der Waals surface area contributed by atoms with Crippen LogP contribution in [-0.4, -0.2) is 13.0 Å². The summed E-state index contributed by atoms with van der Waals surface area (Å²) in [5, 5.41) is 0. The van der Waals surface area contributed by atoms with E-state index in [2.05, 4.69) is 6.92 Å². The summed E-state index contributed by atoms with van der Waals surface area (Å²) >= 11 is 0. The third-order valence-corrected chi connectivity index (χ3v) is 2.07. The van der Waals surface area contributed by atoms with Crippen molar-refractivity contribution in [1.29, 1.82) is 0 Å². The SMILES string of the molecule is CC[n+]1ccc(C(=O)C(C)C)cc1.F[B-](F)(F)F. The van der Waals surface area contributed by atoms with Crippen LogP contribution in [0.15, 0.2) is 24.5 Å². The van der Waals surface area contributed by atoms with Gasteiger partial charge in [-0.05, 0) is 6.92 Å². The maximum Gasteiger partial charge on any atom is 0.673 e. The largest absolute Gasteiger partial charge is 0.673 e. The summed E-state index contributed by atoms with van der Waals surface area (Å²) in [6, 6.07) is 3.76. The highest BCUT2D eigenvalue weighted by molar-refractivity contribution is 6.50. The van der Waals surface area contributed by atoms with Crippen molar-refractivity contribution in [3.63, 3.8) is 0 Å². The Morgan fingerprint density at radius 3 is 1.89 bits per heavy atom. The standard InChI is InChI=1S/C11H16NO.BF4/c1-4-12-7-5-10(6-8-12)11(13)9(2)3;2-1(3,4)5/h5-9H,4H2,1-3H3;/q+1;-1. The lowest BCUT2D eigenvalue weighted by molar-refractivity contribution is -0.693. The van der Waals surface area contributed by atoms with E-state index in [0.29, 0.717) is 0 Å². The number of pyridine rings is 1. The van der Waals surface area contributed by atoms with Crippen LogP contribution >= 0.6 is 0 Å². The van der Waals surface area contributed by atoms with Gasteiger partial charge in [-0.1, -0.05) is 13.8 Å². The van der Waals surface area contributed by atoms with Gasteiger partial charge in [0.1, 0.15) is 6.54 Å². The number of carbonyl (C=O) groups is 1. The van der Waals surface area contributed by atoms with Gasteiger partial charge in [0, 0.05) is 23.6 Å². The minimum atomic E-state index is -6.00. The van der Waals surface area contributed by atoms with Gasteiger partial charge in [-0.25, -0.2) is 4.57 Å². The smallest absolute Gasteiger partial charge is 0.418 e. The minimum Gasteiger partial charge on any atom is -0.418 e. The summed E-state index contributed by atoms with van der Waals surface area (Å²) in [4.78, 5) is 11.5. The summed E-state index contributed by atoms with van der Waals surface area (Å²) in [5.41, 5.74) is 0.805. The lowest BCUT2D eigenvalue weighted by atomic mass is 10.0. The average Bonchev–Trinajstić information content (AvgIpc) is 2.26. The van der Waals surface area contributed by atoms with Crippen LogP contribution in [0.4, 0.5) is 17.3 Å². The van der Waals surface area contributed by atoms with Gasteiger partial charge in [0.2, 0.25) is 0 Å². The molecule has 1 heterocycles. The molecule has 1 aromatic rings. The van der Waals surface area contributed by atoms with Crippen LogP contribution in [0.5, 0.6) is 0 Å². The average molecular weight is 265 g/mol. The van der Waals surface area contributed by atoms with E-state index in [-0.39, 0.29) is 11.7 Å². The van der Waals surface area contributed by atoms with Gasteiger partial charge < -0.3 is 17.3 Å². The highest BCUT2D eigenvalue weighted by Crippen LogP contribution is 2.06.